The Hall–Kier alpha value is -7.23. The van der Waals surface area contributed by atoms with Crippen LogP contribution in [0, 0.1) is 0 Å². The number of hydrogen-bond acceptors (Lipinski definition) is 3. The van der Waals surface area contributed by atoms with Crippen molar-refractivity contribution in [1.82, 2.24) is 4.98 Å². The zero-order chi connectivity index (χ0) is 37.0. The van der Waals surface area contributed by atoms with Crippen LogP contribution in [0.2, 0.25) is 0 Å². The second kappa shape index (κ2) is 15.0. The molecule has 0 amide bonds. The van der Waals surface area contributed by atoms with Crippen molar-refractivity contribution in [1.29, 1.82) is 0 Å². The zero-order valence-corrected chi connectivity index (χ0v) is 30.5. The van der Waals surface area contributed by atoms with E-state index in [1.807, 2.05) is 30.3 Å². The lowest BCUT2D eigenvalue weighted by molar-refractivity contribution is 0.619. The molecule has 3 heteroatoms. The fourth-order valence-electron chi connectivity index (χ4n) is 7.35. The minimum Gasteiger partial charge on any atom is -0.435 e. The predicted molar refractivity (Wildman–Crippen MR) is 232 cm³/mol. The number of hydrogen-bond donors (Lipinski definition) is 0. The first-order valence-electron chi connectivity index (χ1n) is 18.7. The van der Waals surface area contributed by atoms with Crippen LogP contribution in [0.25, 0.3) is 67.2 Å². The second-order valence-corrected chi connectivity index (χ2v) is 13.5. The highest BCUT2D eigenvalue weighted by Gasteiger charge is 2.19. The molecule has 0 saturated heterocycles. The van der Waals surface area contributed by atoms with Crippen LogP contribution < -0.4 is 4.90 Å². The molecule has 0 radical (unpaired) electrons. The van der Waals surface area contributed by atoms with Gasteiger partial charge in [0.25, 0.3) is 0 Å². The molecule has 3 nitrogen and oxygen atoms in total. The Morgan fingerprint density at radius 1 is 0.545 bits per heavy atom. The molecule has 0 aliphatic carbocycles. The van der Waals surface area contributed by atoms with E-state index in [2.05, 4.69) is 194 Å². The van der Waals surface area contributed by atoms with E-state index >= 15 is 0 Å². The van der Waals surface area contributed by atoms with Crippen molar-refractivity contribution in [2.45, 2.75) is 6.92 Å². The van der Waals surface area contributed by atoms with Crippen LogP contribution in [0.5, 0.6) is 0 Å². The number of oxazole rings is 1. The molecule has 55 heavy (non-hydrogen) atoms. The summed E-state index contributed by atoms with van der Waals surface area (Å²) in [5.74, 6) is 0.616. The van der Waals surface area contributed by atoms with Crippen molar-refractivity contribution < 1.29 is 4.42 Å². The maximum absolute atomic E-state index is 6.60. The highest BCUT2D eigenvalue weighted by atomic mass is 16.3. The Kier molecular flexibility index (Phi) is 9.17. The van der Waals surface area contributed by atoms with E-state index in [1.54, 1.807) is 0 Å². The van der Waals surface area contributed by atoms with E-state index in [0.717, 1.165) is 66.8 Å². The van der Waals surface area contributed by atoms with Crippen molar-refractivity contribution >= 4 is 50.6 Å². The summed E-state index contributed by atoms with van der Waals surface area (Å²) >= 11 is 0. The van der Waals surface area contributed by atoms with Crippen LogP contribution in [0.15, 0.2) is 211 Å². The van der Waals surface area contributed by atoms with Gasteiger partial charge in [-0.1, -0.05) is 158 Å². The Morgan fingerprint density at radius 3 is 1.80 bits per heavy atom. The summed E-state index contributed by atoms with van der Waals surface area (Å²) in [6.45, 7) is 2.05. The third-order valence-electron chi connectivity index (χ3n) is 10.0. The number of para-hydroxylation sites is 1. The van der Waals surface area contributed by atoms with Crippen molar-refractivity contribution in [3.63, 3.8) is 0 Å². The molecule has 262 valence electrons. The lowest BCUT2D eigenvalue weighted by Crippen LogP contribution is -2.11. The standard InChI is InChI=1S/C52H38N2O/c1-2-16-42(48-36-43-23-12-13-25-47(43)50-51(48)55-52(53-50)41-21-10-5-11-22-41)35-37-27-31-44(32-28-37)54(45-33-29-39(30-34-45)38-17-6-3-7-18-38)49-26-15-14-24-46(49)40-19-8-4-9-20-40/h2-36H,1H3/b16-2-,42-35+. The van der Waals surface area contributed by atoms with Gasteiger partial charge in [-0.15, -0.1) is 0 Å². The quantitative estimate of drug-likeness (QED) is 0.111. The van der Waals surface area contributed by atoms with Gasteiger partial charge in [0.1, 0.15) is 5.52 Å². The summed E-state index contributed by atoms with van der Waals surface area (Å²) in [6, 6.07) is 68.2. The average Bonchev–Trinajstić information content (AvgIpc) is 3.72. The monoisotopic (exact) mass is 706 g/mol. The molecule has 0 aliphatic rings. The molecule has 9 aromatic rings. The Bertz CT molecular complexity index is 2780. The lowest BCUT2D eigenvalue weighted by Gasteiger charge is -2.28. The van der Waals surface area contributed by atoms with Crippen LogP contribution in [0.1, 0.15) is 18.1 Å². The largest absolute Gasteiger partial charge is 0.435 e. The summed E-state index contributed by atoms with van der Waals surface area (Å²) in [4.78, 5) is 7.39. The summed E-state index contributed by atoms with van der Waals surface area (Å²) in [5.41, 5.74) is 13.7. The third-order valence-corrected chi connectivity index (χ3v) is 10.0. The maximum atomic E-state index is 6.60. The lowest BCUT2D eigenvalue weighted by atomic mass is 9.97. The minimum atomic E-state index is 0.616. The fraction of sp³-hybridized carbons (Fsp3) is 0.0192. The molecule has 0 spiro atoms. The van der Waals surface area contributed by atoms with E-state index in [1.165, 1.54) is 16.7 Å². The Morgan fingerprint density at radius 2 is 1.11 bits per heavy atom. The first-order valence-corrected chi connectivity index (χ1v) is 18.7. The summed E-state index contributed by atoms with van der Waals surface area (Å²) in [6.07, 6.45) is 6.46. The number of benzene rings is 8. The number of rotatable bonds is 9. The molecule has 8 aromatic carbocycles. The molecule has 0 bridgehead atoms. The molecule has 0 aliphatic heterocycles. The molecule has 9 rings (SSSR count). The van der Waals surface area contributed by atoms with E-state index in [4.69, 9.17) is 9.40 Å². The zero-order valence-electron chi connectivity index (χ0n) is 30.5. The van der Waals surface area contributed by atoms with Crippen molar-refractivity contribution in [3.8, 4) is 33.7 Å². The fourth-order valence-corrected chi connectivity index (χ4v) is 7.35. The third kappa shape index (κ3) is 6.76. The molecule has 0 atom stereocenters. The molecule has 0 saturated carbocycles. The molecule has 1 heterocycles. The van der Waals surface area contributed by atoms with Gasteiger partial charge < -0.3 is 9.32 Å². The molecule has 0 unspecified atom stereocenters. The first-order chi connectivity index (χ1) is 27.2. The molecule has 1 aromatic heterocycles. The van der Waals surface area contributed by atoms with Crippen LogP contribution in [-0.4, -0.2) is 4.98 Å². The van der Waals surface area contributed by atoms with Gasteiger partial charge in [-0.2, -0.15) is 0 Å². The summed E-state index contributed by atoms with van der Waals surface area (Å²) < 4.78 is 6.60. The van der Waals surface area contributed by atoms with Gasteiger partial charge in [0.2, 0.25) is 5.89 Å². The van der Waals surface area contributed by atoms with Gasteiger partial charge in [0, 0.05) is 33.5 Å². The molecule has 0 N–H and O–H groups in total. The van der Waals surface area contributed by atoms with Crippen LogP contribution in [0.4, 0.5) is 17.1 Å². The summed E-state index contributed by atoms with van der Waals surface area (Å²) in [7, 11) is 0. The van der Waals surface area contributed by atoms with E-state index in [9.17, 15) is 0 Å². The van der Waals surface area contributed by atoms with E-state index in [0.29, 0.717) is 5.89 Å². The number of aromatic nitrogens is 1. The van der Waals surface area contributed by atoms with Crippen molar-refractivity contribution in [2.24, 2.45) is 0 Å². The van der Waals surface area contributed by atoms with Crippen molar-refractivity contribution in [3.05, 3.63) is 217 Å². The number of anilines is 3. The molecular weight excluding hydrogens is 669 g/mol. The molecule has 0 fully saturated rings. The van der Waals surface area contributed by atoms with Gasteiger partial charge in [0.15, 0.2) is 5.58 Å². The topological polar surface area (TPSA) is 29.3 Å². The average molecular weight is 707 g/mol. The maximum Gasteiger partial charge on any atom is 0.227 e. The van der Waals surface area contributed by atoms with Gasteiger partial charge >= 0.3 is 0 Å². The smallest absolute Gasteiger partial charge is 0.227 e. The Balaban J connectivity index is 1.15. The van der Waals surface area contributed by atoms with Gasteiger partial charge in [0.05, 0.1) is 5.69 Å². The van der Waals surface area contributed by atoms with Crippen LogP contribution >= 0.6 is 0 Å². The van der Waals surface area contributed by atoms with Gasteiger partial charge in [-0.3, -0.25) is 0 Å². The minimum absolute atomic E-state index is 0.616. The van der Waals surface area contributed by atoms with Crippen LogP contribution in [-0.2, 0) is 0 Å². The molecular formula is C52H38N2O. The Labute approximate surface area is 321 Å². The predicted octanol–water partition coefficient (Wildman–Crippen LogP) is 14.6. The highest BCUT2D eigenvalue weighted by molar-refractivity contribution is 6.10. The van der Waals surface area contributed by atoms with Crippen molar-refractivity contribution in [2.75, 3.05) is 4.90 Å². The SMILES string of the molecule is C/C=C\C(=C/c1ccc(N(c2ccc(-c3ccccc3)cc2)c2ccccc2-c2ccccc2)cc1)c1cc2ccccc2c2nc(-c3ccccc3)oc12. The van der Waals surface area contributed by atoms with E-state index in [-0.39, 0.29) is 0 Å². The normalized spacial score (nSPS) is 11.8. The van der Waals surface area contributed by atoms with E-state index < -0.39 is 0 Å². The number of fused-ring (bicyclic) bond motifs is 3. The van der Waals surface area contributed by atoms with Gasteiger partial charge in [-0.05, 0) is 94.7 Å². The first kappa shape index (κ1) is 33.6. The van der Waals surface area contributed by atoms with Crippen LogP contribution in [0.3, 0.4) is 0 Å². The second-order valence-electron chi connectivity index (χ2n) is 13.5. The summed E-state index contributed by atoms with van der Waals surface area (Å²) in [5, 5.41) is 2.19. The number of nitrogens with zero attached hydrogens (tertiary/aromatic N) is 2. The van der Waals surface area contributed by atoms with Gasteiger partial charge in [-0.25, -0.2) is 4.98 Å². The highest BCUT2D eigenvalue weighted by Crippen LogP contribution is 2.42. The number of allylic oxidation sites excluding steroid dienone is 3.